The Hall–Kier alpha value is -1.95. The average molecular weight is 319 g/mol. The Morgan fingerprint density at radius 3 is 2.59 bits per heavy atom. The molecule has 6 heteroatoms. The predicted octanol–water partition coefficient (Wildman–Crippen LogP) is 3.54. The Morgan fingerprint density at radius 2 is 1.91 bits per heavy atom. The van der Waals surface area contributed by atoms with Crippen LogP contribution in [0.5, 0.6) is 0 Å². The second kappa shape index (κ2) is 4.78. The smallest absolute Gasteiger partial charge is 0.315 e. The monoisotopic (exact) mass is 318 g/mol. The molecule has 0 amide bonds. The van der Waals surface area contributed by atoms with Crippen LogP contribution < -0.4 is 4.90 Å². The molecule has 1 saturated heterocycles. The zero-order valence-electron chi connectivity index (χ0n) is 11.7. The first-order valence-electron chi connectivity index (χ1n) is 6.80. The van der Waals surface area contributed by atoms with Gasteiger partial charge in [0, 0.05) is 23.2 Å². The SMILES string of the molecule is CN1c2ccc(Cl)cc2C(c2ccccc2)=NC(F)C12OO2. The van der Waals surface area contributed by atoms with Crippen molar-refractivity contribution in [1.82, 2.24) is 0 Å². The zero-order chi connectivity index (χ0) is 15.3. The molecular formula is C16H12ClFN2O2. The average Bonchev–Trinajstić information content (AvgIpc) is 3.34. The predicted molar refractivity (Wildman–Crippen MR) is 81.7 cm³/mol. The molecular weight excluding hydrogens is 307 g/mol. The van der Waals surface area contributed by atoms with Crippen molar-refractivity contribution in [2.75, 3.05) is 11.9 Å². The molecule has 1 spiro atoms. The van der Waals surface area contributed by atoms with Gasteiger partial charge in [-0.3, -0.25) is 0 Å². The van der Waals surface area contributed by atoms with E-state index in [0.717, 1.165) is 16.8 Å². The molecule has 4 rings (SSSR count). The van der Waals surface area contributed by atoms with Crippen LogP contribution in [0.15, 0.2) is 53.5 Å². The van der Waals surface area contributed by atoms with E-state index in [2.05, 4.69) is 4.99 Å². The number of benzene rings is 2. The first kappa shape index (κ1) is 13.7. The molecule has 2 aliphatic rings. The van der Waals surface area contributed by atoms with Crippen LogP contribution >= 0.6 is 11.6 Å². The molecule has 0 bridgehead atoms. The lowest BCUT2D eigenvalue weighted by atomic mass is 10.0. The zero-order valence-corrected chi connectivity index (χ0v) is 12.4. The van der Waals surface area contributed by atoms with Gasteiger partial charge in [-0.15, -0.1) is 0 Å². The van der Waals surface area contributed by atoms with Gasteiger partial charge in [-0.05, 0) is 18.2 Å². The molecule has 1 unspecified atom stereocenters. The normalized spacial score (nSPS) is 22.0. The van der Waals surface area contributed by atoms with E-state index in [1.54, 1.807) is 30.1 Å². The molecule has 0 saturated carbocycles. The number of halogens is 2. The van der Waals surface area contributed by atoms with E-state index in [1.165, 1.54) is 0 Å². The lowest BCUT2D eigenvalue weighted by Gasteiger charge is -2.23. The van der Waals surface area contributed by atoms with Gasteiger partial charge in [0.05, 0.1) is 11.4 Å². The van der Waals surface area contributed by atoms with Gasteiger partial charge in [0.15, 0.2) is 0 Å². The lowest BCUT2D eigenvalue weighted by Crippen LogP contribution is -2.41. The molecule has 2 heterocycles. The summed E-state index contributed by atoms with van der Waals surface area (Å²) in [5.41, 5.74) is 2.80. The maximum atomic E-state index is 14.6. The van der Waals surface area contributed by atoms with Crippen molar-refractivity contribution < 1.29 is 14.2 Å². The van der Waals surface area contributed by atoms with Crippen LogP contribution in [0.4, 0.5) is 10.1 Å². The van der Waals surface area contributed by atoms with E-state index in [4.69, 9.17) is 21.4 Å². The van der Waals surface area contributed by atoms with Gasteiger partial charge in [-0.2, -0.15) is 9.78 Å². The van der Waals surface area contributed by atoms with Crippen LogP contribution in [0.1, 0.15) is 11.1 Å². The molecule has 1 fully saturated rings. The summed E-state index contributed by atoms with van der Waals surface area (Å²) >= 11 is 6.12. The number of rotatable bonds is 1. The van der Waals surface area contributed by atoms with E-state index in [1.807, 2.05) is 30.3 Å². The third-order valence-electron chi connectivity index (χ3n) is 3.89. The van der Waals surface area contributed by atoms with Gasteiger partial charge < -0.3 is 4.90 Å². The summed E-state index contributed by atoms with van der Waals surface area (Å²) in [6.07, 6.45) is -1.67. The summed E-state index contributed by atoms with van der Waals surface area (Å²) in [6.45, 7) is 0. The van der Waals surface area contributed by atoms with Gasteiger partial charge in [0.25, 0.3) is 6.30 Å². The Kier molecular flexibility index (Phi) is 2.97. The van der Waals surface area contributed by atoms with Crippen LogP contribution in [0.25, 0.3) is 0 Å². The number of anilines is 1. The lowest BCUT2D eigenvalue weighted by molar-refractivity contribution is 0.0850. The second-order valence-electron chi connectivity index (χ2n) is 5.20. The maximum Gasteiger partial charge on any atom is 0.361 e. The van der Waals surface area contributed by atoms with Crippen molar-refractivity contribution in [3.8, 4) is 0 Å². The second-order valence-corrected chi connectivity index (χ2v) is 5.63. The third kappa shape index (κ3) is 1.94. The van der Waals surface area contributed by atoms with Gasteiger partial charge in [0.2, 0.25) is 0 Å². The minimum absolute atomic E-state index is 0.522. The van der Waals surface area contributed by atoms with Crippen molar-refractivity contribution >= 4 is 23.0 Å². The quantitative estimate of drug-likeness (QED) is 0.459. The first-order chi connectivity index (χ1) is 10.6. The van der Waals surface area contributed by atoms with Crippen molar-refractivity contribution in [1.29, 1.82) is 0 Å². The number of hydrogen-bond acceptors (Lipinski definition) is 4. The van der Waals surface area contributed by atoms with Crippen LogP contribution in [0.3, 0.4) is 0 Å². The summed E-state index contributed by atoms with van der Waals surface area (Å²) in [5.74, 6) is -1.49. The Bertz CT molecular complexity index is 762. The van der Waals surface area contributed by atoms with E-state index in [-0.39, 0.29) is 0 Å². The van der Waals surface area contributed by atoms with Crippen LogP contribution in [-0.2, 0) is 9.78 Å². The molecule has 4 nitrogen and oxygen atoms in total. The Labute approximate surface area is 131 Å². The number of fused-ring (bicyclic) bond motifs is 1. The highest BCUT2D eigenvalue weighted by atomic mass is 35.5. The van der Waals surface area contributed by atoms with Crippen molar-refractivity contribution in [3.05, 3.63) is 64.7 Å². The highest BCUT2D eigenvalue weighted by Crippen LogP contribution is 2.45. The largest absolute Gasteiger partial charge is 0.361 e. The maximum absolute atomic E-state index is 14.6. The van der Waals surface area contributed by atoms with E-state index in [9.17, 15) is 4.39 Å². The minimum atomic E-state index is -1.67. The highest BCUT2D eigenvalue weighted by molar-refractivity contribution is 6.31. The van der Waals surface area contributed by atoms with Crippen molar-refractivity contribution in [2.45, 2.75) is 12.2 Å². The molecule has 112 valence electrons. The number of alkyl halides is 1. The van der Waals surface area contributed by atoms with E-state index >= 15 is 0 Å². The van der Waals surface area contributed by atoms with Gasteiger partial charge >= 0.3 is 5.91 Å². The molecule has 0 radical (unpaired) electrons. The standard InChI is InChI=1S/C16H12ClFN2O2/c1-20-13-8-7-11(17)9-12(13)14(10-5-3-2-4-6-10)19-15(18)16(20)21-22-16/h2-9,15H,1H3. The van der Waals surface area contributed by atoms with Crippen LogP contribution in [0.2, 0.25) is 5.02 Å². The summed E-state index contributed by atoms with van der Waals surface area (Å²) in [4.78, 5) is 15.6. The molecule has 1 atom stereocenters. The molecule has 2 aromatic carbocycles. The Morgan fingerprint density at radius 1 is 1.18 bits per heavy atom. The molecule has 0 aliphatic carbocycles. The number of likely N-dealkylation sites (N-methyl/N-ethyl adjacent to an activating group) is 1. The van der Waals surface area contributed by atoms with E-state index < -0.39 is 12.2 Å². The fourth-order valence-corrected chi connectivity index (χ4v) is 2.81. The first-order valence-corrected chi connectivity index (χ1v) is 7.17. The van der Waals surface area contributed by atoms with Crippen LogP contribution in [0, 0.1) is 0 Å². The molecule has 22 heavy (non-hydrogen) atoms. The number of nitrogens with zero attached hydrogens (tertiary/aromatic N) is 2. The minimum Gasteiger partial charge on any atom is -0.315 e. The van der Waals surface area contributed by atoms with Crippen molar-refractivity contribution in [3.63, 3.8) is 0 Å². The summed E-state index contributed by atoms with van der Waals surface area (Å²) in [6, 6.07) is 14.7. The van der Waals surface area contributed by atoms with Gasteiger partial charge in [-0.1, -0.05) is 41.9 Å². The topological polar surface area (TPSA) is 40.7 Å². The summed E-state index contributed by atoms with van der Waals surface area (Å²) in [5, 5.41) is 0.555. The van der Waals surface area contributed by atoms with E-state index in [0.29, 0.717) is 10.7 Å². The molecule has 0 aromatic heterocycles. The fraction of sp³-hybridized carbons (Fsp3) is 0.188. The molecule has 2 aliphatic heterocycles. The van der Waals surface area contributed by atoms with Gasteiger partial charge in [0.1, 0.15) is 0 Å². The molecule has 0 N–H and O–H groups in total. The summed E-state index contributed by atoms with van der Waals surface area (Å²) < 4.78 is 14.6. The van der Waals surface area contributed by atoms with Crippen molar-refractivity contribution in [2.24, 2.45) is 4.99 Å². The number of hydrogen-bond donors (Lipinski definition) is 0. The Balaban J connectivity index is 1.97. The summed E-state index contributed by atoms with van der Waals surface area (Å²) in [7, 11) is 1.70. The number of aliphatic imine (C=N–C) groups is 1. The van der Waals surface area contributed by atoms with Crippen LogP contribution in [-0.4, -0.2) is 25.0 Å². The fourth-order valence-electron chi connectivity index (χ4n) is 2.64. The molecule has 2 aromatic rings. The third-order valence-corrected chi connectivity index (χ3v) is 4.12. The van der Waals surface area contributed by atoms with Gasteiger partial charge in [-0.25, -0.2) is 9.38 Å². The highest BCUT2D eigenvalue weighted by Gasteiger charge is 2.63.